The van der Waals surface area contributed by atoms with E-state index < -0.39 is 0 Å². The molecule has 2 nitrogen and oxygen atoms in total. The third-order valence-corrected chi connectivity index (χ3v) is 5.38. The van der Waals surface area contributed by atoms with Crippen molar-refractivity contribution in [3.8, 4) is 0 Å². The molecule has 0 unspecified atom stereocenters. The Balaban J connectivity index is 1.32. The zero-order valence-corrected chi connectivity index (χ0v) is 17.0. The van der Waals surface area contributed by atoms with E-state index >= 15 is 0 Å². The zero-order valence-electron chi connectivity index (χ0n) is 17.0. The Labute approximate surface area is 161 Å². The van der Waals surface area contributed by atoms with Crippen LogP contribution in [-0.2, 0) is 0 Å². The molecule has 0 fully saturated rings. The Hall–Kier alpha value is -1.18. The largest absolute Gasteiger partial charge is 0.249 e. The molecular weight excluding hydrogens is 316 g/mol. The van der Waals surface area contributed by atoms with E-state index in [4.69, 9.17) is 0 Å². The summed E-state index contributed by atoms with van der Waals surface area (Å²) in [6.45, 7) is 2.29. The number of rotatable bonds is 16. The summed E-state index contributed by atoms with van der Waals surface area (Å²) in [5, 5.41) is 2.09. The lowest BCUT2D eigenvalue weighted by atomic mass is 10.0. The highest BCUT2D eigenvalue weighted by molar-refractivity contribution is 5.07. The van der Waals surface area contributed by atoms with Gasteiger partial charge in [-0.25, -0.2) is 9.98 Å². The van der Waals surface area contributed by atoms with Crippen LogP contribution in [0.25, 0.3) is 0 Å². The summed E-state index contributed by atoms with van der Waals surface area (Å²) in [6, 6.07) is 8.18. The molecule has 2 heteroatoms. The van der Waals surface area contributed by atoms with Gasteiger partial charge in [-0.05, 0) is 25.0 Å². The molecule has 145 valence electrons. The zero-order chi connectivity index (χ0) is 18.3. The van der Waals surface area contributed by atoms with E-state index in [9.17, 15) is 0 Å². The van der Waals surface area contributed by atoms with Gasteiger partial charge in [0.1, 0.15) is 0 Å². The minimum atomic E-state index is 1.03. The molecule has 0 atom stereocenters. The molecular formula is C24H39N2. The topological polar surface area (TPSA) is 24.7 Å². The number of benzene rings is 1. The van der Waals surface area contributed by atoms with Crippen LogP contribution in [0.2, 0.25) is 0 Å². The van der Waals surface area contributed by atoms with Gasteiger partial charge in [0.25, 0.3) is 0 Å². The normalized spacial score (nSPS) is 13.4. The second kappa shape index (κ2) is 13.9. The van der Waals surface area contributed by atoms with Crippen molar-refractivity contribution in [2.24, 2.45) is 9.98 Å². The van der Waals surface area contributed by atoms with E-state index in [-0.39, 0.29) is 0 Å². The highest BCUT2D eigenvalue weighted by atomic mass is 15.0. The SMILES string of the molecule is CCCCCCCCCCCCCCCCC[C]1N=c2ccccc2=N1. The first kappa shape index (κ1) is 21.1. The van der Waals surface area contributed by atoms with Gasteiger partial charge in [0.15, 0.2) is 6.17 Å². The molecule has 26 heavy (non-hydrogen) atoms. The number of hydrogen-bond acceptors (Lipinski definition) is 2. The van der Waals surface area contributed by atoms with Gasteiger partial charge in [-0.3, -0.25) is 0 Å². The first-order valence-corrected chi connectivity index (χ1v) is 11.3. The van der Waals surface area contributed by atoms with E-state index in [2.05, 4.69) is 29.0 Å². The maximum absolute atomic E-state index is 4.61. The number of hydrogen-bond donors (Lipinski definition) is 0. The third kappa shape index (κ3) is 8.96. The van der Waals surface area contributed by atoms with E-state index in [0.717, 1.165) is 23.3 Å². The minimum Gasteiger partial charge on any atom is -0.249 e. The van der Waals surface area contributed by atoms with Crippen LogP contribution in [0.1, 0.15) is 110 Å². The summed E-state index contributed by atoms with van der Waals surface area (Å²) in [4.78, 5) is 9.21. The summed E-state index contributed by atoms with van der Waals surface area (Å²) in [7, 11) is 0. The molecule has 0 saturated carbocycles. The number of fused-ring (bicyclic) bond motifs is 1. The first-order valence-electron chi connectivity index (χ1n) is 11.3. The van der Waals surface area contributed by atoms with Crippen LogP contribution in [0.4, 0.5) is 0 Å². The summed E-state index contributed by atoms with van der Waals surface area (Å²) in [6.07, 6.45) is 23.2. The highest BCUT2D eigenvalue weighted by Gasteiger charge is 2.10. The van der Waals surface area contributed by atoms with Crippen molar-refractivity contribution in [2.45, 2.75) is 110 Å². The molecule has 0 aromatic heterocycles. The lowest BCUT2D eigenvalue weighted by molar-refractivity contribution is 0.529. The third-order valence-electron chi connectivity index (χ3n) is 5.38. The lowest BCUT2D eigenvalue weighted by Crippen LogP contribution is -2.19. The van der Waals surface area contributed by atoms with Crippen LogP contribution in [0.15, 0.2) is 34.3 Å². The predicted molar refractivity (Wildman–Crippen MR) is 112 cm³/mol. The van der Waals surface area contributed by atoms with Gasteiger partial charge in [-0.15, -0.1) is 0 Å². The van der Waals surface area contributed by atoms with Gasteiger partial charge in [-0.1, -0.05) is 109 Å². The molecule has 0 spiro atoms. The Morgan fingerprint density at radius 3 is 1.35 bits per heavy atom. The van der Waals surface area contributed by atoms with Gasteiger partial charge >= 0.3 is 0 Å². The predicted octanol–water partition coefficient (Wildman–Crippen LogP) is 6.69. The second-order valence-corrected chi connectivity index (χ2v) is 7.83. The number of para-hydroxylation sites is 2. The average Bonchev–Trinajstić information content (AvgIpc) is 3.07. The maximum atomic E-state index is 4.61. The van der Waals surface area contributed by atoms with Crippen LogP contribution in [0.3, 0.4) is 0 Å². The van der Waals surface area contributed by atoms with E-state index in [0.29, 0.717) is 0 Å². The van der Waals surface area contributed by atoms with Crippen LogP contribution in [0.5, 0.6) is 0 Å². The van der Waals surface area contributed by atoms with Gasteiger partial charge in [0, 0.05) is 0 Å². The van der Waals surface area contributed by atoms with Crippen LogP contribution in [-0.4, -0.2) is 0 Å². The number of nitrogens with zero attached hydrogens (tertiary/aromatic N) is 2. The van der Waals surface area contributed by atoms with Gasteiger partial charge in [-0.2, -0.15) is 0 Å². The number of unbranched alkanes of at least 4 members (excludes halogenated alkanes) is 14. The average molecular weight is 356 g/mol. The fourth-order valence-corrected chi connectivity index (χ4v) is 3.72. The van der Waals surface area contributed by atoms with Gasteiger partial charge < -0.3 is 0 Å². The molecule has 0 bridgehead atoms. The van der Waals surface area contributed by atoms with E-state index in [1.807, 2.05) is 12.1 Å². The van der Waals surface area contributed by atoms with Crippen molar-refractivity contribution < 1.29 is 0 Å². The molecule has 2 rings (SSSR count). The molecule has 0 aliphatic carbocycles. The lowest BCUT2D eigenvalue weighted by Gasteiger charge is -2.04. The van der Waals surface area contributed by atoms with Gasteiger partial charge in [0.2, 0.25) is 0 Å². The van der Waals surface area contributed by atoms with E-state index in [1.54, 1.807) is 0 Å². The monoisotopic (exact) mass is 355 g/mol. The van der Waals surface area contributed by atoms with Crippen LogP contribution < -0.4 is 10.7 Å². The maximum Gasteiger partial charge on any atom is 0.196 e. The summed E-state index contributed by atoms with van der Waals surface area (Å²) in [5.74, 6) is 0. The van der Waals surface area contributed by atoms with Crippen molar-refractivity contribution >= 4 is 0 Å². The summed E-state index contributed by atoms with van der Waals surface area (Å²) >= 11 is 0. The molecule has 1 radical (unpaired) electrons. The Morgan fingerprint density at radius 1 is 0.538 bits per heavy atom. The standard InChI is InChI=1S/C24H39N2/c1-2-3-4-5-6-7-8-9-10-11-12-13-14-15-16-21-24-25-22-19-17-18-20-23(22)26-24/h17-20H,2-16,21H2,1H3. The Morgan fingerprint density at radius 2 is 0.923 bits per heavy atom. The molecule has 1 heterocycles. The second-order valence-electron chi connectivity index (χ2n) is 7.83. The fourth-order valence-electron chi connectivity index (χ4n) is 3.72. The van der Waals surface area contributed by atoms with Crippen LogP contribution in [0, 0.1) is 6.17 Å². The van der Waals surface area contributed by atoms with Crippen molar-refractivity contribution in [3.63, 3.8) is 0 Å². The summed E-state index contributed by atoms with van der Waals surface area (Å²) in [5.41, 5.74) is 0. The molecule has 1 aliphatic rings. The van der Waals surface area contributed by atoms with Crippen molar-refractivity contribution in [3.05, 3.63) is 41.1 Å². The molecule has 1 aromatic rings. The molecule has 1 aromatic carbocycles. The van der Waals surface area contributed by atoms with Crippen molar-refractivity contribution in [1.29, 1.82) is 0 Å². The first-order chi connectivity index (χ1) is 12.9. The molecule has 1 aliphatic heterocycles. The van der Waals surface area contributed by atoms with E-state index in [1.165, 1.54) is 96.3 Å². The quantitative estimate of drug-likeness (QED) is 0.295. The molecule has 0 amide bonds. The van der Waals surface area contributed by atoms with Crippen molar-refractivity contribution in [2.75, 3.05) is 0 Å². The highest BCUT2D eigenvalue weighted by Crippen LogP contribution is 2.17. The Bertz CT molecular complexity index is 543. The van der Waals surface area contributed by atoms with Crippen molar-refractivity contribution in [1.82, 2.24) is 0 Å². The van der Waals surface area contributed by atoms with Crippen LogP contribution >= 0.6 is 0 Å². The minimum absolute atomic E-state index is 1.03. The Kier molecular flexibility index (Phi) is 11.3. The molecule has 0 N–H and O–H groups in total. The molecule has 0 saturated heterocycles. The summed E-state index contributed by atoms with van der Waals surface area (Å²) < 4.78 is 0. The smallest absolute Gasteiger partial charge is 0.196 e. The fraction of sp³-hybridized carbons (Fsp3) is 0.708. The van der Waals surface area contributed by atoms with Gasteiger partial charge in [0.05, 0.1) is 10.7 Å².